The topological polar surface area (TPSA) is 42.5 Å². The minimum Gasteiger partial charge on any atom is -0.379 e. The molecule has 1 saturated heterocycles. The van der Waals surface area contributed by atoms with E-state index in [-0.39, 0.29) is 17.7 Å². The quantitative estimate of drug-likeness (QED) is 0.755. The molecule has 1 aliphatic rings. The molecule has 1 aliphatic heterocycles. The van der Waals surface area contributed by atoms with Crippen LogP contribution >= 0.6 is 0 Å². The third-order valence-electron chi connectivity index (χ3n) is 3.08. The van der Waals surface area contributed by atoms with Crippen LogP contribution in [-0.2, 0) is 9.47 Å². The maximum atomic E-state index is 5.70. The molecule has 0 aromatic carbocycles. The molecule has 4 nitrogen and oxygen atoms in total. The lowest BCUT2D eigenvalue weighted by Gasteiger charge is -2.38. The molecule has 0 aromatic rings. The second-order valence-corrected chi connectivity index (χ2v) is 5.60. The van der Waals surface area contributed by atoms with Gasteiger partial charge in [0.2, 0.25) is 0 Å². The second kappa shape index (κ2) is 5.96. The van der Waals surface area contributed by atoms with Gasteiger partial charge in [0.15, 0.2) is 0 Å². The van der Waals surface area contributed by atoms with Gasteiger partial charge >= 0.3 is 0 Å². The van der Waals surface area contributed by atoms with E-state index in [1.807, 2.05) is 6.92 Å². The molecule has 4 heteroatoms. The Kier molecular flexibility index (Phi) is 5.18. The number of methoxy groups -OCH3 is 1. The van der Waals surface area contributed by atoms with E-state index in [9.17, 15) is 0 Å². The highest BCUT2D eigenvalue weighted by molar-refractivity contribution is 4.87. The minimum atomic E-state index is 0.108. The van der Waals surface area contributed by atoms with Gasteiger partial charge in [-0.1, -0.05) is 20.8 Å². The van der Waals surface area contributed by atoms with Crippen LogP contribution in [0.1, 0.15) is 27.7 Å². The van der Waals surface area contributed by atoms with Gasteiger partial charge in [0.25, 0.3) is 0 Å². The highest BCUT2D eigenvalue weighted by atomic mass is 16.5. The number of ether oxygens (including phenoxy) is 2. The summed E-state index contributed by atoms with van der Waals surface area (Å²) in [6.07, 6.45) is 0.262. The zero-order valence-electron chi connectivity index (χ0n) is 11.2. The van der Waals surface area contributed by atoms with Crippen LogP contribution in [0.15, 0.2) is 0 Å². The van der Waals surface area contributed by atoms with E-state index >= 15 is 0 Å². The first kappa shape index (κ1) is 13.9. The number of piperazine rings is 1. The van der Waals surface area contributed by atoms with Crippen LogP contribution in [-0.4, -0.2) is 45.2 Å². The lowest BCUT2D eigenvalue weighted by Crippen LogP contribution is -2.59. The van der Waals surface area contributed by atoms with Crippen LogP contribution in [0.2, 0.25) is 0 Å². The fourth-order valence-corrected chi connectivity index (χ4v) is 1.69. The van der Waals surface area contributed by atoms with Crippen molar-refractivity contribution in [3.05, 3.63) is 0 Å². The van der Waals surface area contributed by atoms with Crippen molar-refractivity contribution in [1.29, 1.82) is 0 Å². The van der Waals surface area contributed by atoms with Gasteiger partial charge in [-0.15, -0.1) is 0 Å². The number of hydrogen-bond acceptors (Lipinski definition) is 4. The summed E-state index contributed by atoms with van der Waals surface area (Å²) in [5, 5.41) is 6.94. The van der Waals surface area contributed by atoms with Crippen LogP contribution in [0, 0.1) is 5.41 Å². The Morgan fingerprint density at radius 2 is 1.94 bits per heavy atom. The van der Waals surface area contributed by atoms with Crippen LogP contribution < -0.4 is 10.6 Å². The Labute approximate surface area is 99.1 Å². The molecule has 1 rings (SSSR count). The molecule has 3 atom stereocenters. The Hall–Kier alpha value is -0.160. The van der Waals surface area contributed by atoms with Gasteiger partial charge in [-0.3, -0.25) is 5.32 Å². The lowest BCUT2D eigenvalue weighted by atomic mass is 9.86. The van der Waals surface area contributed by atoms with Crippen molar-refractivity contribution in [3.63, 3.8) is 0 Å². The van der Waals surface area contributed by atoms with Gasteiger partial charge in [-0.05, 0) is 12.3 Å². The SMILES string of the molecule is COC(C)COC1CNC(C(C)(C)C)CN1. The summed E-state index contributed by atoms with van der Waals surface area (Å²) < 4.78 is 10.8. The van der Waals surface area contributed by atoms with Gasteiger partial charge in [0.05, 0.1) is 12.7 Å². The Balaban J connectivity index is 2.22. The summed E-state index contributed by atoms with van der Waals surface area (Å²) in [6.45, 7) is 11.2. The van der Waals surface area contributed by atoms with E-state index in [4.69, 9.17) is 9.47 Å². The van der Waals surface area contributed by atoms with E-state index in [2.05, 4.69) is 31.4 Å². The standard InChI is InChI=1S/C12H26N2O2/c1-9(15-5)8-16-11-7-13-10(6-14-11)12(2,3)4/h9-11,13-14H,6-8H2,1-5H3. The normalized spacial score (nSPS) is 29.1. The fourth-order valence-electron chi connectivity index (χ4n) is 1.69. The predicted octanol–water partition coefficient (Wildman–Crippen LogP) is 0.971. The van der Waals surface area contributed by atoms with E-state index in [0.29, 0.717) is 12.6 Å². The van der Waals surface area contributed by atoms with Crippen molar-refractivity contribution in [1.82, 2.24) is 10.6 Å². The van der Waals surface area contributed by atoms with E-state index in [1.165, 1.54) is 0 Å². The zero-order valence-corrected chi connectivity index (χ0v) is 11.2. The third-order valence-corrected chi connectivity index (χ3v) is 3.08. The first-order chi connectivity index (χ1) is 7.43. The van der Waals surface area contributed by atoms with Gasteiger partial charge < -0.3 is 14.8 Å². The first-order valence-electron chi connectivity index (χ1n) is 6.04. The average molecular weight is 230 g/mol. The molecule has 1 fully saturated rings. The molecule has 0 spiro atoms. The molecule has 3 unspecified atom stereocenters. The highest BCUT2D eigenvalue weighted by Crippen LogP contribution is 2.20. The van der Waals surface area contributed by atoms with Crippen LogP contribution in [0.4, 0.5) is 0 Å². The van der Waals surface area contributed by atoms with E-state index in [0.717, 1.165) is 13.1 Å². The van der Waals surface area contributed by atoms with Crippen LogP contribution in [0.25, 0.3) is 0 Å². The number of rotatable bonds is 4. The van der Waals surface area contributed by atoms with Gasteiger partial charge in [0, 0.05) is 26.2 Å². The number of nitrogens with one attached hydrogen (secondary N) is 2. The minimum absolute atomic E-state index is 0.108. The van der Waals surface area contributed by atoms with Gasteiger partial charge in [0.1, 0.15) is 6.23 Å². The maximum Gasteiger partial charge on any atom is 0.120 e. The Morgan fingerprint density at radius 1 is 1.25 bits per heavy atom. The molecule has 0 aliphatic carbocycles. The van der Waals surface area contributed by atoms with Crippen molar-refractivity contribution in [2.45, 2.75) is 46.1 Å². The van der Waals surface area contributed by atoms with E-state index < -0.39 is 0 Å². The van der Waals surface area contributed by atoms with Crippen molar-refractivity contribution in [2.24, 2.45) is 5.41 Å². The summed E-state index contributed by atoms with van der Waals surface area (Å²) in [7, 11) is 1.70. The molecular formula is C12H26N2O2. The largest absolute Gasteiger partial charge is 0.379 e. The molecule has 16 heavy (non-hydrogen) atoms. The lowest BCUT2D eigenvalue weighted by molar-refractivity contribution is -0.0442. The zero-order chi connectivity index (χ0) is 12.2. The summed E-state index contributed by atoms with van der Waals surface area (Å²) in [5.74, 6) is 0. The van der Waals surface area contributed by atoms with Crippen LogP contribution in [0.5, 0.6) is 0 Å². The molecule has 1 heterocycles. The van der Waals surface area contributed by atoms with Crippen molar-refractivity contribution >= 4 is 0 Å². The number of hydrogen-bond donors (Lipinski definition) is 2. The summed E-state index contributed by atoms with van der Waals surface area (Å²) in [4.78, 5) is 0. The monoisotopic (exact) mass is 230 g/mol. The van der Waals surface area contributed by atoms with Crippen molar-refractivity contribution in [3.8, 4) is 0 Å². The van der Waals surface area contributed by atoms with Crippen molar-refractivity contribution in [2.75, 3.05) is 26.8 Å². The maximum absolute atomic E-state index is 5.70. The Bertz CT molecular complexity index is 196. The highest BCUT2D eigenvalue weighted by Gasteiger charge is 2.29. The molecular weight excluding hydrogens is 204 g/mol. The Morgan fingerprint density at radius 3 is 2.38 bits per heavy atom. The average Bonchev–Trinajstić information content (AvgIpc) is 2.25. The summed E-state index contributed by atoms with van der Waals surface area (Å²) >= 11 is 0. The van der Waals surface area contributed by atoms with Crippen LogP contribution in [0.3, 0.4) is 0 Å². The predicted molar refractivity (Wildman–Crippen MR) is 65.5 cm³/mol. The smallest absolute Gasteiger partial charge is 0.120 e. The molecule has 2 N–H and O–H groups in total. The molecule has 96 valence electrons. The third kappa shape index (κ3) is 4.37. The van der Waals surface area contributed by atoms with E-state index in [1.54, 1.807) is 7.11 Å². The first-order valence-corrected chi connectivity index (χ1v) is 6.04. The summed E-state index contributed by atoms with van der Waals surface area (Å²) in [6, 6.07) is 0.507. The fraction of sp³-hybridized carbons (Fsp3) is 1.00. The molecule has 0 amide bonds. The molecule has 0 aromatic heterocycles. The van der Waals surface area contributed by atoms with Gasteiger partial charge in [-0.25, -0.2) is 0 Å². The second-order valence-electron chi connectivity index (χ2n) is 5.60. The van der Waals surface area contributed by atoms with Gasteiger partial charge in [-0.2, -0.15) is 0 Å². The molecule has 0 saturated carbocycles. The summed E-state index contributed by atoms with van der Waals surface area (Å²) in [5.41, 5.74) is 0.289. The molecule has 0 radical (unpaired) electrons. The molecule has 0 bridgehead atoms. The van der Waals surface area contributed by atoms with Crippen molar-refractivity contribution < 1.29 is 9.47 Å².